The van der Waals surface area contributed by atoms with Crippen LogP contribution in [0.15, 0.2) is 47.1 Å². The van der Waals surface area contributed by atoms with Crippen LogP contribution in [0.4, 0.5) is 0 Å². The molecule has 0 aromatic heterocycles. The van der Waals surface area contributed by atoms with Crippen molar-refractivity contribution in [3.63, 3.8) is 0 Å². The van der Waals surface area contributed by atoms with E-state index in [0.29, 0.717) is 24.0 Å². The van der Waals surface area contributed by atoms with Crippen molar-refractivity contribution in [2.24, 2.45) is 16.7 Å². The highest BCUT2D eigenvalue weighted by Crippen LogP contribution is 2.78. The second-order valence-corrected chi connectivity index (χ2v) is 12.5. The Balaban J connectivity index is 1.36. The molecule has 2 bridgehead atoms. The summed E-state index contributed by atoms with van der Waals surface area (Å²) >= 11 is 5.78. The van der Waals surface area contributed by atoms with E-state index in [-0.39, 0.29) is 10.8 Å². The first kappa shape index (κ1) is 23.8. The van der Waals surface area contributed by atoms with E-state index in [2.05, 4.69) is 31.2 Å². The first-order valence-electron chi connectivity index (χ1n) is 13.9. The van der Waals surface area contributed by atoms with Crippen LogP contribution in [0.5, 0.6) is 5.75 Å². The van der Waals surface area contributed by atoms with Gasteiger partial charge in [0.05, 0.1) is 12.2 Å². The van der Waals surface area contributed by atoms with Crippen molar-refractivity contribution >= 4 is 17.4 Å². The van der Waals surface area contributed by atoms with Gasteiger partial charge < -0.3 is 9.84 Å². The highest BCUT2D eigenvalue weighted by Gasteiger charge is 2.74. The van der Waals surface area contributed by atoms with E-state index in [4.69, 9.17) is 16.3 Å². The van der Waals surface area contributed by atoms with Crippen molar-refractivity contribution in [2.45, 2.75) is 95.5 Å². The largest absolute Gasteiger partial charge is 0.494 e. The van der Waals surface area contributed by atoms with Gasteiger partial charge in [0.1, 0.15) is 5.75 Å². The summed E-state index contributed by atoms with van der Waals surface area (Å²) in [5.41, 5.74) is 5.42. The summed E-state index contributed by atoms with van der Waals surface area (Å²) in [6, 6.07) is 8.78. The minimum atomic E-state index is -0.522. The van der Waals surface area contributed by atoms with Crippen LogP contribution >= 0.6 is 11.6 Å². The Bertz CT molecular complexity index is 1060. The number of aliphatic hydroxyl groups is 1. The second-order valence-electron chi connectivity index (χ2n) is 12.1. The second kappa shape index (κ2) is 8.77. The number of ether oxygens (including phenoxy) is 1. The number of hydrogen-bond acceptors (Lipinski definition) is 3. The van der Waals surface area contributed by atoms with E-state index in [0.717, 1.165) is 88.9 Å². The van der Waals surface area contributed by atoms with Crippen molar-refractivity contribution in [2.75, 3.05) is 12.5 Å². The zero-order valence-electron chi connectivity index (χ0n) is 21.1. The Morgan fingerprint density at radius 3 is 2.54 bits per heavy atom. The number of benzene rings is 1. The third-order valence-corrected chi connectivity index (χ3v) is 11.1. The molecule has 0 amide bonds. The molecule has 3 atom stereocenters. The average Bonchev–Trinajstić information content (AvgIpc) is 3.23. The molecule has 0 aliphatic heterocycles. The summed E-state index contributed by atoms with van der Waals surface area (Å²) < 4.78 is 6.01. The first-order chi connectivity index (χ1) is 16.9. The number of hydrogen-bond donors (Lipinski definition) is 1. The van der Waals surface area contributed by atoms with Crippen LogP contribution in [-0.4, -0.2) is 29.0 Å². The normalized spacial score (nSPS) is 37.6. The van der Waals surface area contributed by atoms with Gasteiger partial charge in [-0.05, 0) is 117 Å². The summed E-state index contributed by atoms with van der Waals surface area (Å²) in [6.07, 6.45) is 14.0. The molecule has 0 heterocycles. The highest BCUT2D eigenvalue weighted by atomic mass is 35.5. The molecule has 3 fully saturated rings. The summed E-state index contributed by atoms with van der Waals surface area (Å²) in [4.78, 5) is 12.3. The van der Waals surface area contributed by atoms with Gasteiger partial charge in [0, 0.05) is 23.6 Å². The number of alkyl halides is 1. The number of carbonyl (C=O) groups is 1. The molecule has 6 rings (SSSR count). The number of allylic oxidation sites excluding steroid dienone is 4. The van der Waals surface area contributed by atoms with Gasteiger partial charge in [0.25, 0.3) is 0 Å². The highest BCUT2D eigenvalue weighted by molar-refractivity contribution is 6.17. The zero-order valence-corrected chi connectivity index (χ0v) is 21.8. The third-order valence-electron chi connectivity index (χ3n) is 10.8. The predicted octanol–water partition coefficient (Wildman–Crippen LogP) is 7.27. The predicted molar refractivity (Wildman–Crippen MR) is 140 cm³/mol. The van der Waals surface area contributed by atoms with Gasteiger partial charge >= 0.3 is 0 Å². The minimum absolute atomic E-state index is 0.0390. The Hall–Kier alpha value is -1.58. The summed E-state index contributed by atoms with van der Waals surface area (Å²) in [5, 5.41) is 11.8. The van der Waals surface area contributed by atoms with Gasteiger partial charge in [0.2, 0.25) is 0 Å². The number of unbranched alkanes of at least 4 members (excludes halogenated alkanes) is 2. The SMILES string of the molecule is C[C@]12C[C@H](c3ccc(OCCCCCCl)cc3)C3=C4CCC(=O)C=C4CC[C@H]3C13CCC2(O)CC3. The summed E-state index contributed by atoms with van der Waals surface area (Å²) in [6.45, 7) is 3.14. The van der Waals surface area contributed by atoms with E-state index in [1.807, 2.05) is 6.08 Å². The van der Waals surface area contributed by atoms with Gasteiger partial charge in [-0.2, -0.15) is 0 Å². The van der Waals surface area contributed by atoms with Crippen LogP contribution < -0.4 is 4.74 Å². The van der Waals surface area contributed by atoms with Crippen LogP contribution in [-0.2, 0) is 4.79 Å². The maximum atomic E-state index is 12.3. The topological polar surface area (TPSA) is 46.5 Å². The van der Waals surface area contributed by atoms with Gasteiger partial charge in [-0.1, -0.05) is 24.6 Å². The molecule has 4 heteroatoms. The molecular formula is C31H39ClO3. The van der Waals surface area contributed by atoms with E-state index < -0.39 is 5.60 Å². The number of ketones is 1. The van der Waals surface area contributed by atoms with Gasteiger partial charge in [-0.15, -0.1) is 11.6 Å². The lowest BCUT2D eigenvalue weighted by Crippen LogP contribution is -2.52. The molecular weight excluding hydrogens is 456 g/mol. The number of fused-ring (bicyclic) bond motifs is 2. The lowest BCUT2D eigenvalue weighted by atomic mass is 9.46. The van der Waals surface area contributed by atoms with E-state index in [1.165, 1.54) is 16.7 Å². The standard InChI is InChI=1S/C31H39ClO3/c1-29-20-26(21-5-9-24(10-6-21)35-18-4-2-3-17-32)28-25-11-8-23(33)19-22(25)7-12-27(28)30(29)13-15-31(29,34)16-14-30/h5-6,9-10,19,26-27,34H,2-4,7-8,11-18,20H2,1H3/t26-,27-,29+,30?,31?/m1/s1. The fourth-order valence-corrected chi connectivity index (χ4v) is 9.18. The van der Waals surface area contributed by atoms with Crippen molar-refractivity contribution in [3.05, 3.63) is 52.6 Å². The molecule has 0 spiro atoms. The van der Waals surface area contributed by atoms with Crippen LogP contribution in [0.2, 0.25) is 0 Å². The lowest BCUT2D eigenvalue weighted by Gasteiger charge is -2.58. The quantitative estimate of drug-likeness (QED) is 0.320. The molecule has 0 radical (unpaired) electrons. The molecule has 3 saturated carbocycles. The molecule has 5 aliphatic carbocycles. The first-order valence-corrected chi connectivity index (χ1v) is 14.4. The number of carbonyl (C=O) groups excluding carboxylic acids is 1. The Morgan fingerprint density at radius 2 is 1.80 bits per heavy atom. The Labute approximate surface area is 215 Å². The lowest BCUT2D eigenvalue weighted by molar-refractivity contribution is -0.114. The average molecular weight is 495 g/mol. The minimum Gasteiger partial charge on any atom is -0.494 e. The number of rotatable bonds is 7. The number of halogens is 1. The molecule has 1 N–H and O–H groups in total. The van der Waals surface area contributed by atoms with Crippen LogP contribution in [0.1, 0.15) is 95.5 Å². The van der Waals surface area contributed by atoms with Crippen LogP contribution in [0.3, 0.4) is 0 Å². The summed E-state index contributed by atoms with van der Waals surface area (Å²) in [7, 11) is 0. The Kier molecular flexibility index (Phi) is 5.96. The zero-order chi connectivity index (χ0) is 24.3. The molecule has 0 saturated heterocycles. The fourth-order valence-electron chi connectivity index (χ4n) is 8.99. The molecule has 188 valence electrons. The maximum absolute atomic E-state index is 12.3. The van der Waals surface area contributed by atoms with Gasteiger partial charge in [-0.25, -0.2) is 0 Å². The van der Waals surface area contributed by atoms with Crippen molar-refractivity contribution < 1.29 is 14.6 Å². The fraction of sp³-hybridized carbons (Fsp3) is 0.645. The van der Waals surface area contributed by atoms with E-state index in [9.17, 15) is 9.90 Å². The monoisotopic (exact) mass is 494 g/mol. The van der Waals surface area contributed by atoms with Crippen molar-refractivity contribution in [1.29, 1.82) is 0 Å². The van der Waals surface area contributed by atoms with Crippen LogP contribution in [0, 0.1) is 16.7 Å². The van der Waals surface area contributed by atoms with Gasteiger partial charge in [0.15, 0.2) is 5.78 Å². The Morgan fingerprint density at radius 1 is 1.03 bits per heavy atom. The van der Waals surface area contributed by atoms with E-state index in [1.54, 1.807) is 5.57 Å². The molecule has 1 aromatic carbocycles. The molecule has 1 aromatic rings. The molecule has 5 aliphatic rings. The smallest absolute Gasteiger partial charge is 0.156 e. The molecule has 0 unspecified atom stereocenters. The molecule has 35 heavy (non-hydrogen) atoms. The maximum Gasteiger partial charge on any atom is 0.156 e. The third kappa shape index (κ3) is 3.51. The van der Waals surface area contributed by atoms with E-state index >= 15 is 0 Å². The van der Waals surface area contributed by atoms with Gasteiger partial charge in [-0.3, -0.25) is 4.79 Å². The summed E-state index contributed by atoms with van der Waals surface area (Å²) in [5.74, 6) is 2.78. The molecule has 3 nitrogen and oxygen atoms in total. The van der Waals surface area contributed by atoms with Crippen molar-refractivity contribution in [3.8, 4) is 5.75 Å². The van der Waals surface area contributed by atoms with Crippen molar-refractivity contribution in [1.82, 2.24) is 0 Å². The van der Waals surface area contributed by atoms with Crippen LogP contribution in [0.25, 0.3) is 0 Å².